The van der Waals surface area contributed by atoms with Gasteiger partial charge in [0.25, 0.3) is 0 Å². The minimum absolute atomic E-state index is 0.0283. The number of benzene rings is 5. The molecular formula is C36H28NO5+. The van der Waals surface area contributed by atoms with Crippen molar-refractivity contribution in [3.63, 3.8) is 0 Å². The molecule has 1 aromatic heterocycles. The van der Waals surface area contributed by atoms with Crippen LogP contribution in [0.15, 0.2) is 109 Å². The zero-order valence-electron chi connectivity index (χ0n) is 23.3. The van der Waals surface area contributed by atoms with E-state index in [0.717, 1.165) is 10.9 Å². The van der Waals surface area contributed by atoms with Gasteiger partial charge in [0.15, 0.2) is 5.78 Å². The monoisotopic (exact) mass is 554 g/mol. The molecule has 6 heteroatoms. The number of aromatic nitrogens is 1. The smallest absolute Gasteiger partial charge is 0.373 e. The highest BCUT2D eigenvalue weighted by atomic mass is 16.5. The molecule has 0 bridgehead atoms. The number of nitrogens with zero attached hydrogens (tertiary/aromatic N) is 1. The second-order valence-electron chi connectivity index (χ2n) is 10.2. The fourth-order valence-electron chi connectivity index (χ4n) is 5.48. The SMILES string of the molecule is CC(=O)c1cc(C)c(OC(=O)c2c3ccccc3[n+](CC(=O)OCc3ccccc3)c3ccccc23)c2ccccc12. The minimum atomic E-state index is -0.523. The average Bonchev–Trinajstić information content (AvgIpc) is 3.01. The van der Waals surface area contributed by atoms with Crippen LogP contribution >= 0.6 is 0 Å². The number of hydrogen-bond donors (Lipinski definition) is 0. The van der Waals surface area contributed by atoms with Crippen LogP contribution in [0, 0.1) is 6.92 Å². The summed E-state index contributed by atoms with van der Waals surface area (Å²) in [5, 5.41) is 2.73. The van der Waals surface area contributed by atoms with Gasteiger partial charge in [-0.25, -0.2) is 9.59 Å². The number of aryl methyl sites for hydroxylation is 1. The molecule has 0 unspecified atom stereocenters. The molecule has 0 aliphatic heterocycles. The Hall–Kier alpha value is -5.36. The summed E-state index contributed by atoms with van der Waals surface area (Å²) in [5.74, 6) is -0.554. The maximum Gasteiger partial charge on any atom is 0.373 e. The van der Waals surface area contributed by atoms with Gasteiger partial charge >= 0.3 is 11.9 Å². The highest BCUT2D eigenvalue weighted by molar-refractivity contribution is 6.15. The summed E-state index contributed by atoms with van der Waals surface area (Å²) >= 11 is 0. The summed E-state index contributed by atoms with van der Waals surface area (Å²) < 4.78 is 13.6. The zero-order chi connectivity index (χ0) is 29.2. The van der Waals surface area contributed by atoms with Crippen LogP contribution in [0.3, 0.4) is 0 Å². The standard InChI is InChI=1S/C36H28NO5/c1-23-20-30(24(2)38)26-14-6-7-15-27(26)35(23)42-36(40)34-28-16-8-10-18-31(28)37(32-19-11-9-17-29(32)34)21-33(39)41-22-25-12-4-3-5-13-25/h3-20H,21-22H2,1-2H3/q+1. The van der Waals surface area contributed by atoms with Crippen LogP contribution in [0.1, 0.15) is 38.8 Å². The summed E-state index contributed by atoms with van der Waals surface area (Å²) in [6.07, 6.45) is 0. The Morgan fingerprint density at radius 3 is 1.86 bits per heavy atom. The van der Waals surface area contributed by atoms with E-state index in [4.69, 9.17) is 9.47 Å². The molecule has 0 aliphatic carbocycles. The van der Waals surface area contributed by atoms with Crippen molar-refractivity contribution in [3.8, 4) is 5.75 Å². The highest BCUT2D eigenvalue weighted by Crippen LogP contribution is 2.34. The summed E-state index contributed by atoms with van der Waals surface area (Å²) in [4.78, 5) is 39.4. The van der Waals surface area contributed by atoms with E-state index in [1.807, 2.05) is 115 Å². The van der Waals surface area contributed by atoms with Gasteiger partial charge in [0.05, 0.1) is 16.3 Å². The number of rotatable bonds is 7. The predicted molar refractivity (Wildman–Crippen MR) is 162 cm³/mol. The molecule has 0 saturated carbocycles. The zero-order valence-corrected chi connectivity index (χ0v) is 23.3. The van der Waals surface area contributed by atoms with Crippen LogP contribution in [0.25, 0.3) is 32.6 Å². The van der Waals surface area contributed by atoms with Crippen molar-refractivity contribution >= 4 is 50.3 Å². The fraction of sp³-hybridized carbons (Fsp3) is 0.111. The highest BCUT2D eigenvalue weighted by Gasteiger charge is 2.28. The van der Waals surface area contributed by atoms with Crippen LogP contribution < -0.4 is 9.30 Å². The number of esters is 2. The van der Waals surface area contributed by atoms with E-state index in [1.54, 1.807) is 6.07 Å². The molecule has 206 valence electrons. The third-order valence-electron chi connectivity index (χ3n) is 7.42. The number of Topliss-reactive ketones (excluding diaryl/α,β-unsaturated/α-hetero) is 1. The van der Waals surface area contributed by atoms with Crippen molar-refractivity contribution in [2.24, 2.45) is 0 Å². The van der Waals surface area contributed by atoms with Gasteiger partial charge in [0.2, 0.25) is 17.6 Å². The van der Waals surface area contributed by atoms with Gasteiger partial charge in [-0.15, -0.1) is 0 Å². The number of pyridine rings is 1. The average molecular weight is 555 g/mol. The van der Waals surface area contributed by atoms with Gasteiger partial charge in [0.1, 0.15) is 12.4 Å². The van der Waals surface area contributed by atoms with E-state index in [0.29, 0.717) is 49.6 Å². The van der Waals surface area contributed by atoms with Crippen molar-refractivity contribution in [2.45, 2.75) is 27.0 Å². The molecule has 6 nitrogen and oxygen atoms in total. The molecule has 42 heavy (non-hydrogen) atoms. The third kappa shape index (κ3) is 4.99. The second kappa shape index (κ2) is 11.3. The topological polar surface area (TPSA) is 73.6 Å². The molecule has 0 amide bonds. The first-order chi connectivity index (χ1) is 20.4. The Morgan fingerprint density at radius 2 is 1.24 bits per heavy atom. The first-order valence-electron chi connectivity index (χ1n) is 13.7. The summed E-state index contributed by atoms with van der Waals surface area (Å²) in [6.45, 7) is 3.51. The van der Waals surface area contributed by atoms with Gasteiger partial charge < -0.3 is 9.47 Å². The maximum atomic E-state index is 14.1. The van der Waals surface area contributed by atoms with E-state index < -0.39 is 5.97 Å². The van der Waals surface area contributed by atoms with Crippen LogP contribution in [-0.2, 0) is 22.7 Å². The van der Waals surface area contributed by atoms with Crippen LogP contribution in [0.5, 0.6) is 5.75 Å². The first kappa shape index (κ1) is 26.8. The van der Waals surface area contributed by atoms with Crippen LogP contribution in [-0.4, -0.2) is 17.7 Å². The van der Waals surface area contributed by atoms with Crippen LogP contribution in [0.4, 0.5) is 0 Å². The number of fused-ring (bicyclic) bond motifs is 3. The van der Waals surface area contributed by atoms with Crippen molar-refractivity contribution in [1.82, 2.24) is 0 Å². The molecule has 0 spiro atoms. The van der Waals surface area contributed by atoms with E-state index in [1.165, 1.54) is 6.92 Å². The number of ketones is 1. The predicted octanol–water partition coefficient (Wildman–Crippen LogP) is 6.91. The normalized spacial score (nSPS) is 11.1. The Bertz CT molecular complexity index is 1960. The lowest BCUT2D eigenvalue weighted by Crippen LogP contribution is -2.41. The second-order valence-corrected chi connectivity index (χ2v) is 10.2. The minimum Gasteiger partial charge on any atom is -0.456 e. The van der Waals surface area contributed by atoms with Gasteiger partial charge in [0, 0.05) is 23.1 Å². The Kier molecular flexibility index (Phi) is 7.19. The molecule has 0 fully saturated rings. The molecule has 6 rings (SSSR count). The number of hydrogen-bond acceptors (Lipinski definition) is 5. The number of carbonyl (C=O) groups is 3. The summed E-state index contributed by atoms with van der Waals surface area (Å²) in [5.41, 5.74) is 3.98. The molecule has 6 aromatic rings. The first-order valence-corrected chi connectivity index (χ1v) is 13.7. The lowest BCUT2D eigenvalue weighted by molar-refractivity contribution is -0.633. The number of carbonyl (C=O) groups excluding carboxylic acids is 3. The maximum absolute atomic E-state index is 14.1. The molecule has 0 atom stereocenters. The molecule has 1 heterocycles. The lowest BCUT2D eigenvalue weighted by Gasteiger charge is -2.15. The van der Waals surface area contributed by atoms with Crippen molar-refractivity contribution in [1.29, 1.82) is 0 Å². The lowest BCUT2D eigenvalue weighted by atomic mass is 9.97. The Morgan fingerprint density at radius 1 is 0.690 bits per heavy atom. The van der Waals surface area contributed by atoms with E-state index in [2.05, 4.69) is 0 Å². The summed E-state index contributed by atoms with van der Waals surface area (Å²) in [7, 11) is 0. The Balaban J connectivity index is 1.43. The molecular weight excluding hydrogens is 526 g/mol. The molecule has 0 radical (unpaired) electrons. The fourth-order valence-corrected chi connectivity index (χ4v) is 5.48. The van der Waals surface area contributed by atoms with E-state index >= 15 is 0 Å². The molecule has 0 aliphatic rings. The van der Waals surface area contributed by atoms with Gasteiger partial charge in [-0.1, -0.05) is 78.9 Å². The molecule has 0 saturated heterocycles. The number of para-hydroxylation sites is 2. The molecule has 0 N–H and O–H groups in total. The number of ether oxygens (including phenoxy) is 2. The van der Waals surface area contributed by atoms with E-state index in [-0.39, 0.29) is 24.9 Å². The molecule has 5 aromatic carbocycles. The quantitative estimate of drug-likeness (QED) is 0.0705. The van der Waals surface area contributed by atoms with Crippen LogP contribution in [0.2, 0.25) is 0 Å². The van der Waals surface area contributed by atoms with Crippen molar-refractivity contribution in [3.05, 3.63) is 131 Å². The third-order valence-corrected chi connectivity index (χ3v) is 7.42. The van der Waals surface area contributed by atoms with Crippen molar-refractivity contribution < 1.29 is 28.4 Å². The van der Waals surface area contributed by atoms with Crippen molar-refractivity contribution in [2.75, 3.05) is 0 Å². The largest absolute Gasteiger partial charge is 0.456 e. The summed E-state index contributed by atoms with van der Waals surface area (Å²) in [6, 6.07) is 33.6. The van der Waals surface area contributed by atoms with Gasteiger partial charge in [-0.2, -0.15) is 4.57 Å². The van der Waals surface area contributed by atoms with Gasteiger partial charge in [-0.3, -0.25) is 4.79 Å². The Labute approximate surface area is 242 Å². The van der Waals surface area contributed by atoms with Gasteiger partial charge in [-0.05, 0) is 48.6 Å². The van der Waals surface area contributed by atoms with E-state index in [9.17, 15) is 14.4 Å².